The van der Waals surface area contributed by atoms with Crippen molar-refractivity contribution in [2.45, 2.75) is 11.4 Å². The molecule has 2 rings (SSSR count). The van der Waals surface area contributed by atoms with E-state index in [0.717, 1.165) is 4.90 Å². The molecule has 100 valence electrons. The van der Waals surface area contributed by atoms with E-state index in [4.69, 9.17) is 4.74 Å². The van der Waals surface area contributed by atoms with Gasteiger partial charge in [-0.15, -0.1) is 11.8 Å². The molecule has 1 heterocycles. The van der Waals surface area contributed by atoms with Crippen molar-refractivity contribution in [3.63, 3.8) is 0 Å². The van der Waals surface area contributed by atoms with Crippen LogP contribution in [0.4, 0.5) is 4.39 Å². The molecule has 0 unspecified atom stereocenters. The summed E-state index contributed by atoms with van der Waals surface area (Å²) >= 11 is 1.55. The van der Waals surface area contributed by atoms with Crippen molar-refractivity contribution in [1.29, 1.82) is 0 Å². The van der Waals surface area contributed by atoms with Crippen molar-refractivity contribution in [2.75, 3.05) is 13.3 Å². The Morgan fingerprint density at radius 3 is 2.84 bits per heavy atom. The minimum Gasteiger partial charge on any atom is -0.435 e. The maximum Gasteiger partial charge on any atom is 0.256 e. The van der Waals surface area contributed by atoms with Crippen LogP contribution in [0.2, 0.25) is 0 Å². The highest BCUT2D eigenvalue weighted by Gasteiger charge is 2.12. The third-order valence-corrected chi connectivity index (χ3v) is 3.36. The molecule has 5 heteroatoms. The van der Waals surface area contributed by atoms with E-state index < -0.39 is 5.82 Å². The Bertz CT molecular complexity index is 563. The van der Waals surface area contributed by atoms with E-state index in [9.17, 15) is 4.39 Å². The fourth-order valence-corrected chi connectivity index (χ4v) is 2.19. The molecular weight excluding hydrogens is 263 g/mol. The number of halogens is 1. The van der Waals surface area contributed by atoms with Crippen molar-refractivity contribution in [2.24, 2.45) is 0 Å². The van der Waals surface area contributed by atoms with Gasteiger partial charge < -0.3 is 10.1 Å². The summed E-state index contributed by atoms with van der Waals surface area (Å²) in [6.45, 7) is 0.439. The summed E-state index contributed by atoms with van der Waals surface area (Å²) in [4.78, 5) is 4.90. The number of benzene rings is 1. The highest BCUT2D eigenvalue weighted by Crippen LogP contribution is 2.31. The summed E-state index contributed by atoms with van der Waals surface area (Å²) in [5, 5.41) is 2.91. The molecule has 1 aromatic carbocycles. The Balaban J connectivity index is 2.30. The van der Waals surface area contributed by atoms with Crippen molar-refractivity contribution >= 4 is 11.8 Å². The molecule has 0 bridgehead atoms. The van der Waals surface area contributed by atoms with Gasteiger partial charge >= 0.3 is 0 Å². The topological polar surface area (TPSA) is 34.2 Å². The zero-order valence-corrected chi connectivity index (χ0v) is 11.6. The largest absolute Gasteiger partial charge is 0.435 e. The van der Waals surface area contributed by atoms with Crippen molar-refractivity contribution in [1.82, 2.24) is 10.3 Å². The molecule has 0 aliphatic heterocycles. The van der Waals surface area contributed by atoms with Gasteiger partial charge in [-0.2, -0.15) is 0 Å². The van der Waals surface area contributed by atoms with Crippen LogP contribution in [0.1, 0.15) is 5.56 Å². The Kier molecular flexibility index (Phi) is 4.76. The Labute approximate surface area is 116 Å². The van der Waals surface area contributed by atoms with Crippen LogP contribution in [0.3, 0.4) is 0 Å². The molecule has 2 aromatic rings. The predicted molar refractivity (Wildman–Crippen MR) is 75.3 cm³/mol. The van der Waals surface area contributed by atoms with Gasteiger partial charge in [0.25, 0.3) is 5.88 Å². The van der Waals surface area contributed by atoms with Gasteiger partial charge in [-0.3, -0.25) is 0 Å². The number of pyridine rings is 1. The van der Waals surface area contributed by atoms with E-state index in [-0.39, 0.29) is 5.88 Å². The second-order valence-electron chi connectivity index (χ2n) is 3.87. The van der Waals surface area contributed by atoms with E-state index in [1.165, 1.54) is 0 Å². The lowest BCUT2D eigenvalue weighted by Crippen LogP contribution is -2.08. The summed E-state index contributed by atoms with van der Waals surface area (Å²) in [6.07, 6.45) is 3.50. The number of ether oxygens (including phenoxy) is 1. The molecule has 0 aliphatic rings. The average molecular weight is 278 g/mol. The molecule has 0 saturated carbocycles. The van der Waals surface area contributed by atoms with Gasteiger partial charge in [-0.25, -0.2) is 9.37 Å². The van der Waals surface area contributed by atoms with Gasteiger partial charge in [-0.05, 0) is 31.5 Å². The molecule has 0 aliphatic carbocycles. The standard InChI is InChI=1S/C14H15FN2OS/c1-16-9-10-7-8-17-14(13(10)15)18-11-5-3-4-6-12(11)19-2/h3-8,16H,9H2,1-2H3. The molecule has 0 saturated heterocycles. The van der Waals surface area contributed by atoms with Crippen molar-refractivity contribution in [3.05, 3.63) is 47.9 Å². The third kappa shape index (κ3) is 3.24. The van der Waals surface area contributed by atoms with E-state index in [1.807, 2.05) is 24.5 Å². The molecule has 0 amide bonds. The first-order valence-electron chi connectivity index (χ1n) is 5.85. The van der Waals surface area contributed by atoms with Gasteiger partial charge in [0.2, 0.25) is 0 Å². The predicted octanol–water partition coefficient (Wildman–Crippen LogP) is 3.45. The molecule has 0 atom stereocenters. The first-order chi connectivity index (χ1) is 9.26. The lowest BCUT2D eigenvalue weighted by atomic mass is 10.2. The summed E-state index contributed by atoms with van der Waals surface area (Å²) in [5.41, 5.74) is 0.536. The number of nitrogens with zero attached hydrogens (tertiary/aromatic N) is 1. The minimum atomic E-state index is -0.423. The number of nitrogens with one attached hydrogen (secondary N) is 1. The van der Waals surface area contributed by atoms with E-state index >= 15 is 0 Å². The van der Waals surface area contributed by atoms with E-state index in [2.05, 4.69) is 10.3 Å². The smallest absolute Gasteiger partial charge is 0.256 e. The van der Waals surface area contributed by atoms with Crippen LogP contribution in [-0.2, 0) is 6.54 Å². The number of hydrogen-bond acceptors (Lipinski definition) is 4. The fourth-order valence-electron chi connectivity index (χ4n) is 1.67. The first-order valence-corrected chi connectivity index (χ1v) is 7.07. The number of aromatic nitrogens is 1. The van der Waals surface area contributed by atoms with Crippen molar-refractivity contribution < 1.29 is 9.13 Å². The molecular formula is C14H15FN2OS. The highest BCUT2D eigenvalue weighted by atomic mass is 32.2. The first kappa shape index (κ1) is 13.8. The zero-order valence-electron chi connectivity index (χ0n) is 10.8. The maximum absolute atomic E-state index is 14.1. The summed E-state index contributed by atoms with van der Waals surface area (Å²) < 4.78 is 19.7. The molecule has 0 radical (unpaired) electrons. The molecule has 1 aromatic heterocycles. The molecule has 0 fully saturated rings. The van der Waals surface area contributed by atoms with Gasteiger partial charge in [0.1, 0.15) is 5.75 Å². The summed E-state index contributed by atoms with van der Waals surface area (Å²) in [5.74, 6) is 0.199. The second kappa shape index (κ2) is 6.54. The molecule has 1 N–H and O–H groups in total. The van der Waals surface area contributed by atoms with E-state index in [0.29, 0.717) is 17.9 Å². The van der Waals surface area contributed by atoms with Crippen LogP contribution < -0.4 is 10.1 Å². The Morgan fingerprint density at radius 1 is 1.32 bits per heavy atom. The number of rotatable bonds is 5. The van der Waals surface area contributed by atoms with Crippen LogP contribution in [0, 0.1) is 5.82 Å². The maximum atomic E-state index is 14.1. The van der Waals surface area contributed by atoms with Crippen molar-refractivity contribution in [3.8, 4) is 11.6 Å². The summed E-state index contributed by atoms with van der Waals surface area (Å²) in [7, 11) is 1.77. The van der Waals surface area contributed by atoms with Gasteiger partial charge in [0, 0.05) is 23.2 Å². The van der Waals surface area contributed by atoms with Gasteiger partial charge in [0.05, 0.1) is 0 Å². The third-order valence-electron chi connectivity index (χ3n) is 2.58. The second-order valence-corrected chi connectivity index (χ2v) is 4.72. The monoisotopic (exact) mass is 278 g/mol. The molecule has 3 nitrogen and oxygen atoms in total. The van der Waals surface area contributed by atoms with Gasteiger partial charge in [-0.1, -0.05) is 12.1 Å². The van der Waals surface area contributed by atoms with Crippen LogP contribution in [0.15, 0.2) is 41.4 Å². The normalized spacial score (nSPS) is 10.5. The zero-order chi connectivity index (χ0) is 13.7. The highest BCUT2D eigenvalue weighted by molar-refractivity contribution is 7.98. The average Bonchev–Trinajstić information content (AvgIpc) is 2.44. The quantitative estimate of drug-likeness (QED) is 0.849. The lowest BCUT2D eigenvalue weighted by molar-refractivity contribution is 0.410. The van der Waals surface area contributed by atoms with Crippen LogP contribution in [0.5, 0.6) is 11.6 Å². The van der Waals surface area contributed by atoms with Crippen LogP contribution in [0.25, 0.3) is 0 Å². The number of thioether (sulfide) groups is 1. The Morgan fingerprint density at radius 2 is 2.11 bits per heavy atom. The minimum absolute atomic E-state index is 0.00856. The SMILES string of the molecule is CNCc1ccnc(Oc2ccccc2SC)c1F. The Hall–Kier alpha value is -1.59. The number of para-hydroxylation sites is 1. The van der Waals surface area contributed by atoms with Gasteiger partial charge in [0.15, 0.2) is 5.82 Å². The summed E-state index contributed by atoms with van der Waals surface area (Å²) in [6, 6.07) is 9.14. The fraction of sp³-hybridized carbons (Fsp3) is 0.214. The molecule has 0 spiro atoms. The molecule has 19 heavy (non-hydrogen) atoms. The van der Waals surface area contributed by atoms with Crippen LogP contribution >= 0.6 is 11.8 Å². The lowest BCUT2D eigenvalue weighted by Gasteiger charge is -2.10. The van der Waals surface area contributed by atoms with Crippen LogP contribution in [-0.4, -0.2) is 18.3 Å². The van der Waals surface area contributed by atoms with E-state index in [1.54, 1.807) is 37.1 Å². The number of hydrogen-bond donors (Lipinski definition) is 1.